The monoisotopic (exact) mass is 128 g/mol. The summed E-state index contributed by atoms with van der Waals surface area (Å²) in [6.07, 6.45) is 0. The molecular formula is C7H6B2O. The molecule has 0 heterocycles. The summed E-state index contributed by atoms with van der Waals surface area (Å²) in [5, 5.41) is 9.08. The van der Waals surface area contributed by atoms with Crippen LogP contribution in [0.5, 0.6) is 5.75 Å². The number of aromatic hydroxyl groups is 1. The molecule has 0 unspecified atom stereocenters. The molecule has 1 rings (SSSR count). The summed E-state index contributed by atoms with van der Waals surface area (Å²) < 4.78 is 0. The predicted molar refractivity (Wildman–Crippen MR) is 43.6 cm³/mol. The number of phenolic OH excluding ortho intramolecular Hbond substituents is 1. The van der Waals surface area contributed by atoms with E-state index in [0.29, 0.717) is 5.46 Å². The third-order valence-corrected chi connectivity index (χ3v) is 1.33. The van der Waals surface area contributed by atoms with Gasteiger partial charge in [-0.05, 0) is 18.6 Å². The van der Waals surface area contributed by atoms with Gasteiger partial charge in [0.05, 0.1) is 0 Å². The summed E-state index contributed by atoms with van der Waals surface area (Å²) in [5.41, 5.74) is 1.59. The van der Waals surface area contributed by atoms with Crippen LogP contribution in [0, 0.1) is 6.92 Å². The van der Waals surface area contributed by atoms with Crippen LogP contribution >= 0.6 is 0 Å². The Morgan fingerprint density at radius 2 is 1.90 bits per heavy atom. The smallest absolute Gasteiger partial charge is 0.118 e. The topological polar surface area (TPSA) is 20.2 Å². The Morgan fingerprint density at radius 3 is 2.40 bits per heavy atom. The first-order valence-corrected chi connectivity index (χ1v) is 2.96. The van der Waals surface area contributed by atoms with Crippen LogP contribution in [-0.4, -0.2) is 20.8 Å². The molecule has 0 saturated heterocycles. The zero-order valence-electron chi connectivity index (χ0n) is 5.76. The number of phenols is 1. The fourth-order valence-corrected chi connectivity index (χ4v) is 0.806. The van der Waals surface area contributed by atoms with E-state index in [1.165, 1.54) is 0 Å². The van der Waals surface area contributed by atoms with Crippen LogP contribution in [0.25, 0.3) is 0 Å². The molecule has 0 atom stereocenters. The maximum absolute atomic E-state index is 9.08. The molecule has 0 aromatic heterocycles. The van der Waals surface area contributed by atoms with Crippen molar-refractivity contribution in [1.82, 2.24) is 0 Å². The lowest BCUT2D eigenvalue weighted by Gasteiger charge is -2.04. The van der Waals surface area contributed by atoms with E-state index in [-0.39, 0.29) is 11.2 Å². The Morgan fingerprint density at radius 1 is 1.30 bits per heavy atom. The second-order valence-corrected chi connectivity index (χ2v) is 2.29. The molecule has 0 aliphatic rings. The van der Waals surface area contributed by atoms with E-state index in [1.807, 2.05) is 6.92 Å². The van der Waals surface area contributed by atoms with Crippen LogP contribution in [0.3, 0.4) is 0 Å². The van der Waals surface area contributed by atoms with E-state index < -0.39 is 0 Å². The minimum Gasteiger partial charge on any atom is -0.509 e. The molecule has 0 fully saturated rings. The average Bonchev–Trinajstić information content (AvgIpc) is 1.82. The van der Waals surface area contributed by atoms with Gasteiger partial charge in [0.2, 0.25) is 0 Å². The van der Waals surface area contributed by atoms with E-state index in [1.54, 1.807) is 12.1 Å². The quantitative estimate of drug-likeness (QED) is 0.457. The van der Waals surface area contributed by atoms with Crippen LogP contribution < -0.4 is 10.9 Å². The van der Waals surface area contributed by atoms with Crippen molar-refractivity contribution in [3.8, 4) is 5.75 Å². The molecule has 0 saturated carbocycles. The zero-order valence-corrected chi connectivity index (χ0v) is 5.76. The molecule has 0 aliphatic heterocycles. The van der Waals surface area contributed by atoms with Crippen molar-refractivity contribution in [1.29, 1.82) is 0 Å². The Bertz CT molecular complexity index is 235. The molecule has 46 valence electrons. The van der Waals surface area contributed by atoms with Gasteiger partial charge in [0, 0.05) is 0 Å². The van der Waals surface area contributed by atoms with Crippen molar-refractivity contribution in [2.45, 2.75) is 6.92 Å². The van der Waals surface area contributed by atoms with Crippen molar-refractivity contribution in [3.05, 3.63) is 17.7 Å². The summed E-state index contributed by atoms with van der Waals surface area (Å²) in [4.78, 5) is 0. The molecule has 0 amide bonds. The number of hydrogen-bond acceptors (Lipinski definition) is 1. The molecule has 4 radical (unpaired) electrons. The van der Waals surface area contributed by atoms with Crippen LogP contribution in [0.4, 0.5) is 0 Å². The van der Waals surface area contributed by atoms with E-state index >= 15 is 0 Å². The molecule has 1 aromatic carbocycles. The van der Waals surface area contributed by atoms with Crippen molar-refractivity contribution < 1.29 is 5.11 Å². The van der Waals surface area contributed by atoms with Gasteiger partial charge in [0.15, 0.2) is 0 Å². The minimum atomic E-state index is 0.0532. The first-order valence-electron chi connectivity index (χ1n) is 2.96. The maximum atomic E-state index is 9.08. The molecule has 0 spiro atoms. The van der Waals surface area contributed by atoms with Crippen molar-refractivity contribution in [2.24, 2.45) is 0 Å². The SMILES string of the molecule is [B]c1cc(C)cc(O)c1[B]. The first kappa shape index (κ1) is 7.26. The van der Waals surface area contributed by atoms with Crippen molar-refractivity contribution in [2.75, 3.05) is 0 Å². The largest absolute Gasteiger partial charge is 0.509 e. The highest BCUT2D eigenvalue weighted by molar-refractivity contribution is 6.49. The fraction of sp³-hybridized carbons (Fsp3) is 0.143. The third-order valence-electron chi connectivity index (χ3n) is 1.33. The maximum Gasteiger partial charge on any atom is 0.118 e. The van der Waals surface area contributed by atoms with E-state index in [4.69, 9.17) is 20.8 Å². The number of hydrogen-bond donors (Lipinski definition) is 1. The van der Waals surface area contributed by atoms with E-state index in [9.17, 15) is 0 Å². The van der Waals surface area contributed by atoms with Gasteiger partial charge in [-0.3, -0.25) is 0 Å². The minimum absolute atomic E-state index is 0.0532. The second kappa shape index (κ2) is 2.41. The zero-order chi connectivity index (χ0) is 7.72. The third kappa shape index (κ3) is 1.18. The molecule has 1 aromatic rings. The summed E-state index contributed by atoms with van der Waals surface area (Å²) in [6, 6.07) is 3.29. The Hall–Kier alpha value is -0.850. The molecular weight excluding hydrogens is 122 g/mol. The lowest BCUT2D eigenvalue weighted by Crippen LogP contribution is -2.25. The van der Waals surface area contributed by atoms with Crippen LogP contribution in [0.2, 0.25) is 0 Å². The van der Waals surface area contributed by atoms with Crippen molar-refractivity contribution in [3.63, 3.8) is 0 Å². The highest BCUT2D eigenvalue weighted by atomic mass is 16.3. The molecule has 0 aliphatic carbocycles. The summed E-state index contributed by atoms with van der Waals surface area (Å²) >= 11 is 0. The van der Waals surface area contributed by atoms with Crippen LogP contribution in [0.1, 0.15) is 5.56 Å². The number of benzene rings is 1. The lowest BCUT2D eigenvalue weighted by molar-refractivity contribution is 0.479. The van der Waals surface area contributed by atoms with E-state index in [2.05, 4.69) is 0 Å². The number of rotatable bonds is 0. The molecule has 3 heteroatoms. The van der Waals surface area contributed by atoms with E-state index in [0.717, 1.165) is 5.56 Å². The van der Waals surface area contributed by atoms with Crippen molar-refractivity contribution >= 4 is 26.6 Å². The van der Waals surface area contributed by atoms with Gasteiger partial charge in [0.1, 0.15) is 21.4 Å². The molecule has 1 nitrogen and oxygen atoms in total. The van der Waals surface area contributed by atoms with Gasteiger partial charge in [-0.1, -0.05) is 17.0 Å². The van der Waals surface area contributed by atoms with Gasteiger partial charge in [-0.15, -0.1) is 0 Å². The average molecular weight is 128 g/mol. The van der Waals surface area contributed by atoms with Gasteiger partial charge in [-0.25, -0.2) is 0 Å². The van der Waals surface area contributed by atoms with Gasteiger partial charge in [-0.2, -0.15) is 0 Å². The highest BCUT2D eigenvalue weighted by Gasteiger charge is 1.97. The Labute approximate surface area is 62.9 Å². The van der Waals surface area contributed by atoms with Gasteiger partial charge in [0.25, 0.3) is 0 Å². The summed E-state index contributed by atoms with van der Waals surface area (Å²) in [7, 11) is 10.8. The van der Waals surface area contributed by atoms with Gasteiger partial charge < -0.3 is 5.11 Å². The number of aryl methyl sites for hydroxylation is 1. The Kier molecular flexibility index (Phi) is 1.75. The first-order chi connectivity index (χ1) is 4.61. The predicted octanol–water partition coefficient (Wildman–Crippen LogP) is -0.712. The molecule has 0 bridgehead atoms. The standard InChI is InChI=1S/C7H6B2O/c1-4-2-5(8)7(9)6(10)3-4/h2-3,10H,1H3. The van der Waals surface area contributed by atoms with Crippen LogP contribution in [0.15, 0.2) is 12.1 Å². The fourth-order valence-electron chi connectivity index (χ4n) is 0.806. The molecule has 1 N–H and O–H groups in total. The molecule has 10 heavy (non-hydrogen) atoms. The second-order valence-electron chi connectivity index (χ2n) is 2.29. The lowest BCUT2D eigenvalue weighted by atomic mass is 9.79. The van der Waals surface area contributed by atoms with Gasteiger partial charge >= 0.3 is 0 Å². The van der Waals surface area contributed by atoms with Crippen LogP contribution in [-0.2, 0) is 0 Å². The normalized spacial score (nSPS) is 9.70. The summed E-state index contributed by atoms with van der Waals surface area (Å²) in [5.74, 6) is 0.0532. The summed E-state index contributed by atoms with van der Waals surface area (Å²) in [6.45, 7) is 1.84. The highest BCUT2D eigenvalue weighted by Crippen LogP contribution is 2.03. The Balaban J connectivity index is 3.31.